The average molecular weight is 333 g/mol. The molecule has 0 N–H and O–H groups in total. The number of rotatable bonds is 5. The van der Waals surface area contributed by atoms with Crippen molar-refractivity contribution in [3.05, 3.63) is 51.9 Å². The number of ether oxygens (including phenoxy) is 1. The minimum absolute atomic E-state index is 0.123. The van der Waals surface area contributed by atoms with Crippen LogP contribution in [-0.4, -0.2) is 21.7 Å². The number of thioether (sulfide) groups is 1. The van der Waals surface area contributed by atoms with E-state index in [0.717, 1.165) is 33.5 Å². The normalized spacial score (nSPS) is 11.0. The maximum Gasteiger partial charge on any atom is 0.275 e. The van der Waals surface area contributed by atoms with E-state index >= 15 is 0 Å². The summed E-state index contributed by atoms with van der Waals surface area (Å²) >= 11 is 3.02. The van der Waals surface area contributed by atoms with Crippen LogP contribution in [0.15, 0.2) is 39.5 Å². The predicted molar refractivity (Wildman–Crippen MR) is 89.1 cm³/mol. The van der Waals surface area contributed by atoms with Crippen LogP contribution in [0, 0.1) is 0 Å². The fraction of sp³-hybridized carbons (Fsp3) is 0.267. The molecule has 22 heavy (non-hydrogen) atoms. The van der Waals surface area contributed by atoms with Gasteiger partial charge in [0.15, 0.2) is 4.34 Å². The summed E-state index contributed by atoms with van der Waals surface area (Å²) in [5.74, 6) is 1.60. The topological polar surface area (TPSA) is 56.5 Å². The summed E-state index contributed by atoms with van der Waals surface area (Å²) in [6.07, 6.45) is 0.743. The zero-order valence-electron chi connectivity index (χ0n) is 12.3. The Morgan fingerprint density at radius 3 is 2.95 bits per heavy atom. The molecule has 5 nitrogen and oxygen atoms in total. The van der Waals surface area contributed by atoms with Crippen LogP contribution in [0.1, 0.15) is 18.2 Å². The van der Waals surface area contributed by atoms with Crippen molar-refractivity contribution < 1.29 is 4.74 Å². The van der Waals surface area contributed by atoms with Crippen molar-refractivity contribution in [1.29, 1.82) is 0 Å². The molecule has 114 valence electrons. The van der Waals surface area contributed by atoms with Gasteiger partial charge in [0.25, 0.3) is 5.56 Å². The Bertz CT molecular complexity index is 857. The van der Waals surface area contributed by atoms with Crippen LogP contribution in [0.25, 0.3) is 4.96 Å². The fourth-order valence-corrected chi connectivity index (χ4v) is 3.99. The van der Waals surface area contributed by atoms with E-state index in [-0.39, 0.29) is 5.56 Å². The molecule has 0 aliphatic carbocycles. The molecule has 0 radical (unpaired) electrons. The van der Waals surface area contributed by atoms with E-state index in [1.807, 2.05) is 31.2 Å². The summed E-state index contributed by atoms with van der Waals surface area (Å²) in [5.41, 5.74) is 1.78. The molecule has 0 unspecified atom stereocenters. The van der Waals surface area contributed by atoms with Gasteiger partial charge in [-0.15, -0.1) is 5.10 Å². The number of benzene rings is 1. The molecular weight excluding hydrogens is 318 g/mol. The molecule has 0 atom stereocenters. The van der Waals surface area contributed by atoms with Crippen LogP contribution in [-0.2, 0) is 12.2 Å². The number of nitrogens with zero attached hydrogens (tertiary/aromatic N) is 3. The number of aromatic nitrogens is 3. The van der Waals surface area contributed by atoms with Gasteiger partial charge >= 0.3 is 0 Å². The number of hydrogen-bond acceptors (Lipinski definition) is 6. The Balaban J connectivity index is 1.85. The SMILES string of the molecule is CCc1cc(=O)n2nc(SCc3ccccc3OC)sc2n1. The summed E-state index contributed by atoms with van der Waals surface area (Å²) in [7, 11) is 1.66. The lowest BCUT2D eigenvalue weighted by atomic mass is 10.2. The van der Waals surface area contributed by atoms with Crippen molar-refractivity contribution >= 4 is 28.1 Å². The first-order valence-electron chi connectivity index (χ1n) is 6.85. The lowest BCUT2D eigenvalue weighted by molar-refractivity contribution is 0.411. The van der Waals surface area contributed by atoms with E-state index in [2.05, 4.69) is 10.1 Å². The van der Waals surface area contributed by atoms with Gasteiger partial charge in [-0.2, -0.15) is 4.52 Å². The van der Waals surface area contributed by atoms with Crippen LogP contribution in [0.5, 0.6) is 5.75 Å². The molecule has 2 aromatic heterocycles. The second-order valence-corrected chi connectivity index (χ2v) is 6.78. The first-order valence-corrected chi connectivity index (χ1v) is 8.66. The smallest absolute Gasteiger partial charge is 0.275 e. The van der Waals surface area contributed by atoms with Gasteiger partial charge in [0.05, 0.1) is 7.11 Å². The minimum atomic E-state index is -0.123. The van der Waals surface area contributed by atoms with Crippen LogP contribution in [0.3, 0.4) is 0 Å². The molecule has 0 aliphatic rings. The lowest BCUT2D eigenvalue weighted by Crippen LogP contribution is -2.14. The largest absolute Gasteiger partial charge is 0.496 e. The first kappa shape index (κ1) is 15.1. The van der Waals surface area contributed by atoms with Gasteiger partial charge in [0.1, 0.15) is 5.75 Å². The number of para-hydroxylation sites is 1. The highest BCUT2D eigenvalue weighted by atomic mass is 32.2. The number of aryl methyl sites for hydroxylation is 1. The second kappa shape index (κ2) is 6.50. The van der Waals surface area contributed by atoms with Crippen molar-refractivity contribution in [2.45, 2.75) is 23.4 Å². The van der Waals surface area contributed by atoms with E-state index in [4.69, 9.17) is 4.74 Å². The van der Waals surface area contributed by atoms with Gasteiger partial charge < -0.3 is 4.74 Å². The standard InChI is InChI=1S/C15H15N3O2S2/c1-3-11-8-13(19)18-14(16-11)22-15(17-18)21-9-10-6-4-5-7-12(10)20-2/h4-8H,3,9H2,1-2H3. The highest BCUT2D eigenvalue weighted by molar-refractivity contribution is 8.00. The molecule has 7 heteroatoms. The average Bonchev–Trinajstić information content (AvgIpc) is 2.96. The maximum absolute atomic E-state index is 12.0. The van der Waals surface area contributed by atoms with E-state index in [1.165, 1.54) is 15.9 Å². The Morgan fingerprint density at radius 2 is 2.18 bits per heavy atom. The third-order valence-corrected chi connectivity index (χ3v) is 5.28. The van der Waals surface area contributed by atoms with Crippen molar-refractivity contribution in [3.63, 3.8) is 0 Å². The molecule has 1 aromatic carbocycles. The van der Waals surface area contributed by atoms with Gasteiger partial charge in [0.2, 0.25) is 4.96 Å². The quantitative estimate of drug-likeness (QED) is 0.672. The summed E-state index contributed by atoms with van der Waals surface area (Å²) in [6.45, 7) is 1.98. The summed E-state index contributed by atoms with van der Waals surface area (Å²) in [4.78, 5) is 17.1. The number of hydrogen-bond donors (Lipinski definition) is 0. The maximum atomic E-state index is 12.0. The molecule has 0 bridgehead atoms. The molecule has 2 heterocycles. The predicted octanol–water partition coefficient (Wildman–Crippen LogP) is 3.01. The van der Waals surface area contributed by atoms with Gasteiger partial charge in [-0.05, 0) is 12.5 Å². The van der Waals surface area contributed by atoms with Gasteiger partial charge in [-0.1, -0.05) is 48.2 Å². The summed E-state index contributed by atoms with van der Waals surface area (Å²) in [6, 6.07) is 9.44. The number of fused-ring (bicyclic) bond motifs is 1. The van der Waals surface area contributed by atoms with E-state index in [9.17, 15) is 4.79 Å². The Morgan fingerprint density at radius 1 is 1.36 bits per heavy atom. The van der Waals surface area contributed by atoms with Crippen LogP contribution < -0.4 is 10.3 Å². The highest BCUT2D eigenvalue weighted by Gasteiger charge is 2.10. The first-order chi connectivity index (χ1) is 10.7. The van der Waals surface area contributed by atoms with Crippen molar-refractivity contribution in [1.82, 2.24) is 14.6 Å². The molecule has 0 fully saturated rings. The summed E-state index contributed by atoms with van der Waals surface area (Å²) in [5, 5.41) is 4.34. The fourth-order valence-electron chi connectivity index (χ4n) is 2.04. The highest BCUT2D eigenvalue weighted by Crippen LogP contribution is 2.30. The van der Waals surface area contributed by atoms with Gasteiger partial charge in [0, 0.05) is 23.1 Å². The van der Waals surface area contributed by atoms with E-state index < -0.39 is 0 Å². The summed E-state index contributed by atoms with van der Waals surface area (Å²) < 4.78 is 7.54. The Labute approximate surface area is 136 Å². The lowest BCUT2D eigenvalue weighted by Gasteiger charge is -2.05. The minimum Gasteiger partial charge on any atom is -0.496 e. The third-order valence-electron chi connectivity index (χ3n) is 3.19. The van der Waals surface area contributed by atoms with Crippen molar-refractivity contribution in [3.8, 4) is 5.75 Å². The Hall–Kier alpha value is -1.86. The third kappa shape index (κ3) is 3.00. The second-order valence-electron chi connectivity index (χ2n) is 4.60. The molecular formula is C15H15N3O2S2. The zero-order chi connectivity index (χ0) is 15.5. The van der Waals surface area contributed by atoms with Crippen molar-refractivity contribution in [2.75, 3.05) is 7.11 Å². The van der Waals surface area contributed by atoms with E-state index in [0.29, 0.717) is 4.96 Å². The molecule has 0 saturated heterocycles. The Kier molecular flexibility index (Phi) is 4.44. The molecule has 0 saturated carbocycles. The zero-order valence-corrected chi connectivity index (χ0v) is 13.9. The van der Waals surface area contributed by atoms with Crippen LogP contribution in [0.4, 0.5) is 0 Å². The van der Waals surface area contributed by atoms with Crippen LogP contribution in [0.2, 0.25) is 0 Å². The van der Waals surface area contributed by atoms with Crippen molar-refractivity contribution in [2.24, 2.45) is 0 Å². The monoisotopic (exact) mass is 333 g/mol. The molecule has 3 aromatic rings. The molecule has 0 amide bonds. The molecule has 0 aliphatic heterocycles. The number of methoxy groups -OCH3 is 1. The van der Waals surface area contributed by atoms with Gasteiger partial charge in [-0.25, -0.2) is 4.98 Å². The van der Waals surface area contributed by atoms with Gasteiger partial charge in [-0.3, -0.25) is 4.79 Å². The molecule has 3 rings (SSSR count). The molecule has 0 spiro atoms. The van der Waals surface area contributed by atoms with E-state index in [1.54, 1.807) is 24.9 Å². The van der Waals surface area contributed by atoms with Crippen LogP contribution >= 0.6 is 23.1 Å².